The van der Waals surface area contributed by atoms with E-state index in [9.17, 15) is 44.2 Å². The summed E-state index contributed by atoms with van der Waals surface area (Å²) in [5.41, 5.74) is 0. The van der Waals surface area contributed by atoms with Gasteiger partial charge in [0.15, 0.2) is 0 Å². The Kier molecular flexibility index (Phi) is 30.1. The number of rotatable bonds is 22. The van der Waals surface area contributed by atoms with Gasteiger partial charge in [-0.05, 0) is 0 Å². The molecular weight excluding hydrogens is 772 g/mol. The Bertz CT molecular complexity index is 1530. The molecule has 5 N–H and O–H groups in total. The van der Waals surface area contributed by atoms with Crippen LogP contribution in [-0.2, 0) is 39.7 Å². The maximum Gasteiger partial charge on any atom is 1.00 e. The van der Waals surface area contributed by atoms with Crippen molar-refractivity contribution in [1.82, 2.24) is 29.9 Å². The summed E-state index contributed by atoms with van der Waals surface area (Å²) in [7, 11) is -13.6. The Labute approximate surface area is 368 Å². The van der Waals surface area contributed by atoms with E-state index in [4.69, 9.17) is 0 Å². The molecule has 2 aromatic rings. The van der Waals surface area contributed by atoms with Gasteiger partial charge in [-0.1, -0.05) is 0 Å². The number of anilines is 5. The number of aliphatic imine (C=N–C) groups is 1. The molecule has 0 saturated heterocycles. The van der Waals surface area contributed by atoms with Crippen molar-refractivity contribution in [2.45, 2.75) is 0 Å². The van der Waals surface area contributed by atoms with Gasteiger partial charge in [0.25, 0.3) is 5.95 Å². The quantitative estimate of drug-likeness (QED) is 0.0140. The summed E-state index contributed by atoms with van der Waals surface area (Å²) in [6.45, 7) is -0.822. The average Bonchev–Trinajstić information content (AvgIpc) is 2.89. The Morgan fingerprint density at radius 3 is 1.21 bits per heavy atom. The number of hydrogen-bond acceptors (Lipinski definition) is 25. The fraction of sp³-hybridized carbons (Fsp3) is 0.562. The van der Waals surface area contributed by atoms with Gasteiger partial charge in [-0.3, -0.25) is 5.04 Å². The van der Waals surface area contributed by atoms with Crippen molar-refractivity contribution in [3.63, 3.8) is 0 Å². The minimum absolute atomic E-state index is 0. The zero-order chi connectivity index (χ0) is 32.6. The van der Waals surface area contributed by atoms with Gasteiger partial charge < -0.3 is 45.5 Å². The fourth-order valence-corrected chi connectivity index (χ4v) is 3.89. The first kappa shape index (κ1) is 53.0. The van der Waals surface area contributed by atoms with Crippen LogP contribution in [0, 0.1) is 0 Å². The van der Waals surface area contributed by atoms with E-state index >= 15 is 0 Å². The van der Waals surface area contributed by atoms with Crippen LogP contribution in [0.2, 0.25) is 0 Å². The third-order valence-corrected chi connectivity index (χ3v) is 6.83. The summed E-state index contributed by atoms with van der Waals surface area (Å²) >= 11 is 0.622. The van der Waals surface area contributed by atoms with Crippen LogP contribution in [-0.4, -0.2) is 131 Å². The fourth-order valence-electron chi connectivity index (χ4n) is 2.60. The van der Waals surface area contributed by atoms with E-state index in [0.29, 0.717) is 12.0 Å². The van der Waals surface area contributed by atoms with Crippen molar-refractivity contribution >= 4 is 84.3 Å². The Morgan fingerprint density at radius 2 is 0.896 bits per heavy atom. The van der Waals surface area contributed by atoms with Gasteiger partial charge in [-0.2, -0.15) is 34.2 Å². The van der Waals surface area contributed by atoms with E-state index in [1.165, 1.54) is 6.21 Å². The molecule has 0 aliphatic rings. The molecule has 0 amide bonds. The Hall–Kier alpha value is 0.650. The van der Waals surface area contributed by atoms with Gasteiger partial charge in [0.1, 0.15) is 0 Å². The van der Waals surface area contributed by atoms with E-state index in [1.54, 1.807) is 0 Å². The molecule has 248 valence electrons. The third kappa shape index (κ3) is 27.3. The molecule has 0 radical (unpaired) electrons. The molecule has 2 heterocycles. The van der Waals surface area contributed by atoms with E-state index in [-0.39, 0.29) is 192 Å². The molecule has 0 bridgehead atoms. The summed E-state index contributed by atoms with van der Waals surface area (Å²) in [5, 5.41) is 26.3. The van der Waals surface area contributed by atoms with Crippen LogP contribution in [0.1, 0.15) is 0 Å². The van der Waals surface area contributed by atoms with Crippen molar-refractivity contribution in [2.75, 3.05) is 82.3 Å². The van der Waals surface area contributed by atoms with Gasteiger partial charge in [-0.25, -0.2) is 30.2 Å². The minimum Gasteiger partial charge on any atom is -0.748 e. The standard InChI is InChI=1S/C16H28N12O12S4.4Na/c29-39-40-41-7-3-19-13-23-11(24-14(27-13)20-4-8-42(30,31)32)17-1-2-18-12-25-15(21-5-9-43(33,34)35)28-16(26-12)22-6-10-44(36,37)38;;;;/h3,29H,1-2,4-10H2,(H,30,31,32)(H,33,34,35)(H,36,37,38)(H2,17,20,23,24,27)(H3,18,21,22,25,26,28);;;;/q;4*+1/p-4/b19-3+;;;;. The zero-order valence-corrected chi connectivity index (χ0v) is 37.4. The molecule has 0 aliphatic heterocycles. The van der Waals surface area contributed by atoms with Crippen LogP contribution in [0.5, 0.6) is 0 Å². The van der Waals surface area contributed by atoms with Crippen LogP contribution in [0.3, 0.4) is 0 Å². The van der Waals surface area contributed by atoms with Crippen molar-refractivity contribution in [3.05, 3.63) is 0 Å². The largest absolute Gasteiger partial charge is 1.00 e. The molecule has 24 nitrogen and oxygen atoms in total. The average molecular weight is 797 g/mol. The van der Waals surface area contributed by atoms with Gasteiger partial charge in [-0.15, -0.1) is 0 Å². The van der Waals surface area contributed by atoms with E-state index in [0.717, 1.165) is 0 Å². The van der Waals surface area contributed by atoms with Crippen molar-refractivity contribution < 1.29 is 172 Å². The minimum atomic E-state index is -4.53. The molecule has 0 unspecified atom stereocenters. The molecule has 2 rings (SSSR count). The second-order valence-electron chi connectivity index (χ2n) is 7.74. The topological polar surface area (TPSA) is 363 Å². The second kappa shape index (κ2) is 27.3. The Balaban J connectivity index is -0.00000506. The second-order valence-corrected chi connectivity index (χ2v) is 13.0. The normalized spacial score (nSPS) is 11.2. The van der Waals surface area contributed by atoms with E-state index < -0.39 is 47.6 Å². The van der Waals surface area contributed by atoms with Crippen molar-refractivity contribution in [2.24, 2.45) is 4.99 Å². The molecule has 48 heavy (non-hydrogen) atoms. The number of aromatic nitrogens is 6. The first-order valence-electron chi connectivity index (χ1n) is 11.7. The molecule has 0 aliphatic carbocycles. The van der Waals surface area contributed by atoms with Crippen LogP contribution in [0.4, 0.5) is 35.7 Å². The van der Waals surface area contributed by atoms with Crippen LogP contribution < -0.4 is 150 Å². The molecule has 0 atom stereocenters. The number of hydrogen-bond donors (Lipinski definition) is 5. The van der Waals surface area contributed by atoms with Gasteiger partial charge >= 0.3 is 118 Å². The van der Waals surface area contributed by atoms with Crippen LogP contribution in [0.25, 0.3) is 0 Å². The van der Waals surface area contributed by atoms with Crippen LogP contribution >= 0.6 is 12.0 Å². The zero-order valence-electron chi connectivity index (χ0n) is 26.1. The summed E-state index contributed by atoms with van der Waals surface area (Å²) in [5.74, 6) is -2.95. The van der Waals surface area contributed by atoms with Crippen molar-refractivity contribution in [3.8, 4) is 0 Å². The van der Waals surface area contributed by atoms with E-state index in [2.05, 4.69) is 70.9 Å². The van der Waals surface area contributed by atoms with Gasteiger partial charge in [0.2, 0.25) is 29.7 Å². The number of nitrogens with one attached hydrogen (secondary N) is 5. The summed E-state index contributed by atoms with van der Waals surface area (Å²) in [4.78, 5) is 28.0. The molecule has 0 aromatic carbocycles. The van der Waals surface area contributed by atoms with E-state index in [1.807, 2.05) is 0 Å². The van der Waals surface area contributed by atoms with Gasteiger partial charge in [0, 0.05) is 51.0 Å². The molecule has 32 heteroatoms. The third-order valence-electron chi connectivity index (χ3n) is 4.28. The summed E-state index contributed by atoms with van der Waals surface area (Å²) in [6.07, 6.45) is 1.27. The maximum atomic E-state index is 10.9. The first-order chi connectivity index (χ1) is 20.6. The molecule has 2 aromatic heterocycles. The first-order valence-corrected chi connectivity index (χ1v) is 17.4. The maximum absolute atomic E-state index is 10.9. The molecule has 0 spiro atoms. The molecular formula is C16H24N12Na4O12S4. The summed E-state index contributed by atoms with van der Waals surface area (Å²) in [6, 6.07) is 0. The predicted octanol–water partition coefficient (Wildman–Crippen LogP) is -16.0. The van der Waals surface area contributed by atoms with Gasteiger partial charge in [0.05, 0.1) is 53.4 Å². The van der Waals surface area contributed by atoms with Crippen molar-refractivity contribution in [1.29, 1.82) is 0 Å². The SMILES string of the molecule is O=S(=O)([O-])CCNc1nc(/N=C/CSOO[O-])nc(NCCNc2nc(NCCS(=O)(=O)[O-])nc(NCCS(=O)(=O)[O-])n2)n1.[Na+].[Na+].[Na+].[Na+]. The molecule has 0 fully saturated rings. The molecule has 0 saturated carbocycles. The summed E-state index contributed by atoms with van der Waals surface area (Å²) < 4.78 is 102. The smallest absolute Gasteiger partial charge is 0.748 e. The predicted molar refractivity (Wildman–Crippen MR) is 149 cm³/mol. The monoisotopic (exact) mass is 796 g/mol. The Morgan fingerprint density at radius 1 is 0.583 bits per heavy atom. The number of nitrogens with zero attached hydrogens (tertiary/aromatic N) is 7. The van der Waals surface area contributed by atoms with Crippen LogP contribution in [0.15, 0.2) is 4.99 Å².